The molecule has 0 spiro atoms. The maximum atomic E-state index is 12.0. The van der Waals surface area contributed by atoms with Crippen LogP contribution in [0, 0.1) is 0 Å². The van der Waals surface area contributed by atoms with Crippen molar-refractivity contribution in [1.82, 2.24) is 0 Å². The highest BCUT2D eigenvalue weighted by Crippen LogP contribution is 2.34. The van der Waals surface area contributed by atoms with E-state index in [2.05, 4.69) is 118 Å². The largest absolute Gasteiger partial charge is 0.462 e. The Morgan fingerprint density at radius 1 is 0.591 bits per heavy atom. The molecule has 0 aromatic carbocycles. The lowest BCUT2D eigenvalue weighted by Crippen LogP contribution is -2.55. The van der Waals surface area contributed by atoms with Gasteiger partial charge < -0.3 is 25.3 Å². The number of rotatable bonds is 22. The fourth-order valence-electron chi connectivity index (χ4n) is 5.57. The van der Waals surface area contributed by atoms with Crippen LogP contribution in [0.1, 0.15) is 13.3 Å². The minimum Gasteiger partial charge on any atom is -0.462 e. The van der Waals surface area contributed by atoms with Crippen LogP contribution in [-0.2, 0) is 30.1 Å². The van der Waals surface area contributed by atoms with Crippen LogP contribution < -0.4 is 0 Å². The van der Waals surface area contributed by atoms with E-state index in [0.29, 0.717) is 12.2 Å². The predicted octanol–water partition coefficient (Wildman–Crippen LogP) is 9.94. The number of carbonyl (C=O) groups is 1. The standard InChI is InChI=1S/C29H70O7Si8/c1-20-38(7,8)33-43(17,18)34-40(11,12)25-27-42(15,16)36-44(19,23-21-22-31-29(30)28(2)3)35-41(13,14)26-24-39(9,10)32-37(4,5)6/h20H,1-2,21-27H2,3-19H3. The molecule has 0 N–H and O–H groups in total. The monoisotopic (exact) mass is 754 g/mol. The maximum absolute atomic E-state index is 12.0. The van der Waals surface area contributed by atoms with Gasteiger partial charge in [0, 0.05) is 5.57 Å². The molecule has 0 aliphatic heterocycles. The van der Waals surface area contributed by atoms with Crippen LogP contribution in [-0.4, -0.2) is 79.6 Å². The van der Waals surface area contributed by atoms with E-state index in [1.54, 1.807) is 6.92 Å². The Hall–Kier alpha value is 0.485. The lowest BCUT2D eigenvalue weighted by molar-refractivity contribution is -0.138. The molecule has 1 unspecified atom stereocenters. The smallest absolute Gasteiger partial charge is 0.333 e. The molecule has 7 nitrogen and oxygen atoms in total. The van der Waals surface area contributed by atoms with E-state index in [4.69, 9.17) is 25.3 Å². The second-order valence-corrected chi connectivity index (χ2v) is 50.6. The van der Waals surface area contributed by atoms with Crippen molar-refractivity contribution in [1.29, 1.82) is 0 Å². The van der Waals surface area contributed by atoms with Gasteiger partial charge in [0.15, 0.2) is 49.9 Å². The molecule has 0 rings (SSSR count). The minimum atomic E-state index is -2.60. The molecule has 1 atom stereocenters. The number of esters is 1. The van der Waals surface area contributed by atoms with Crippen molar-refractivity contribution in [2.75, 3.05) is 6.61 Å². The van der Waals surface area contributed by atoms with Gasteiger partial charge in [-0.2, -0.15) is 0 Å². The van der Waals surface area contributed by atoms with Crippen molar-refractivity contribution in [2.45, 2.75) is 148 Å². The number of ether oxygens (including phenoxy) is 1. The molecule has 44 heavy (non-hydrogen) atoms. The van der Waals surface area contributed by atoms with Crippen LogP contribution in [0.15, 0.2) is 24.4 Å². The third-order valence-electron chi connectivity index (χ3n) is 7.10. The first-order valence-corrected chi connectivity index (χ1v) is 40.5. The quantitative estimate of drug-likeness (QED) is 0.0472. The topological polar surface area (TPSA) is 72.5 Å². The molecule has 15 heteroatoms. The molecule has 0 saturated carbocycles. The zero-order valence-corrected chi connectivity index (χ0v) is 39.8. The Morgan fingerprint density at radius 2 is 0.977 bits per heavy atom. The normalized spacial score (nSPS) is 15.6. The van der Waals surface area contributed by atoms with Gasteiger partial charge in [0.1, 0.15) is 0 Å². The maximum Gasteiger partial charge on any atom is 0.333 e. The van der Waals surface area contributed by atoms with E-state index in [1.165, 1.54) is 0 Å². The summed E-state index contributed by atoms with van der Waals surface area (Å²) in [5.74, 6) is -0.337. The molecule has 0 aliphatic rings. The summed E-state index contributed by atoms with van der Waals surface area (Å²) < 4.78 is 39.9. The van der Waals surface area contributed by atoms with Crippen LogP contribution in [0.3, 0.4) is 0 Å². The van der Waals surface area contributed by atoms with Crippen molar-refractivity contribution >= 4 is 73.0 Å². The SMILES string of the molecule is C=C[Si](C)(C)O[Si](C)(C)O[Si](C)(C)CC[Si](C)(C)O[Si](C)(CCCOC(=O)C(=C)C)O[Si](C)(C)CC[Si](C)(C)O[Si](C)(C)C. The molecule has 260 valence electrons. The highest BCUT2D eigenvalue weighted by atomic mass is 28.5. The highest BCUT2D eigenvalue weighted by molar-refractivity contribution is 6.91. The number of hydrogen-bond acceptors (Lipinski definition) is 7. The summed E-state index contributed by atoms with van der Waals surface area (Å²) in [6, 6.07) is 5.00. The fourth-order valence-corrected chi connectivity index (χ4v) is 46.2. The predicted molar refractivity (Wildman–Crippen MR) is 210 cm³/mol. The van der Waals surface area contributed by atoms with E-state index in [0.717, 1.165) is 36.6 Å². The fraction of sp³-hybridized carbons (Fsp3) is 0.828. The summed E-state index contributed by atoms with van der Waals surface area (Å²) >= 11 is 0. The van der Waals surface area contributed by atoms with Crippen LogP contribution in [0.25, 0.3) is 0 Å². The van der Waals surface area contributed by atoms with Gasteiger partial charge in [-0.15, -0.1) is 6.58 Å². The Kier molecular flexibility index (Phi) is 16.9. The van der Waals surface area contributed by atoms with Gasteiger partial charge in [-0.05, 0) is 148 Å². The average Bonchev–Trinajstić information content (AvgIpc) is 2.75. The lowest BCUT2D eigenvalue weighted by atomic mass is 10.4. The average molecular weight is 756 g/mol. The second-order valence-electron chi connectivity index (χ2n) is 17.0. The minimum absolute atomic E-state index is 0.337. The van der Waals surface area contributed by atoms with Gasteiger partial charge in [-0.3, -0.25) is 0 Å². The van der Waals surface area contributed by atoms with Crippen molar-refractivity contribution in [2.24, 2.45) is 0 Å². The van der Waals surface area contributed by atoms with Crippen molar-refractivity contribution < 1.29 is 30.1 Å². The molecule has 0 saturated heterocycles. The summed E-state index contributed by atoms with van der Waals surface area (Å²) in [6.07, 6.45) is 0.721. The molecule has 0 aromatic rings. The van der Waals surface area contributed by atoms with Crippen LogP contribution in [0.2, 0.25) is 135 Å². The first-order valence-electron chi connectivity index (χ1n) is 16.3. The van der Waals surface area contributed by atoms with Gasteiger partial charge >= 0.3 is 23.1 Å². The summed E-state index contributed by atoms with van der Waals surface area (Å²) in [7, 11) is -16.4. The molecule has 0 aromatic heterocycles. The molecular formula is C29H70O7Si8. The third-order valence-corrected chi connectivity index (χ3v) is 36.9. The van der Waals surface area contributed by atoms with Crippen LogP contribution >= 0.6 is 0 Å². The van der Waals surface area contributed by atoms with Crippen LogP contribution in [0.5, 0.6) is 0 Å². The van der Waals surface area contributed by atoms with Gasteiger partial charge in [0.25, 0.3) is 0 Å². The zero-order valence-electron chi connectivity index (χ0n) is 31.8. The molecule has 0 amide bonds. The van der Waals surface area contributed by atoms with E-state index >= 15 is 0 Å². The molecule has 0 fully saturated rings. The van der Waals surface area contributed by atoms with Gasteiger partial charge in [0.05, 0.1) is 6.61 Å². The van der Waals surface area contributed by atoms with Crippen molar-refractivity contribution in [3.63, 3.8) is 0 Å². The van der Waals surface area contributed by atoms with E-state index in [-0.39, 0.29) is 5.97 Å². The van der Waals surface area contributed by atoms with E-state index in [1.807, 2.05) is 5.70 Å². The van der Waals surface area contributed by atoms with Gasteiger partial charge in [-0.25, -0.2) is 4.79 Å². The second kappa shape index (κ2) is 16.7. The summed E-state index contributed by atoms with van der Waals surface area (Å²) in [4.78, 5) is 12.0. The van der Waals surface area contributed by atoms with E-state index in [9.17, 15) is 4.79 Å². The lowest BCUT2D eigenvalue weighted by Gasteiger charge is -2.43. The first kappa shape index (κ1) is 44.5. The first-order chi connectivity index (χ1) is 19.3. The zero-order chi connectivity index (χ0) is 35.1. The molecule has 0 aliphatic carbocycles. The number of hydrogen-bond donors (Lipinski definition) is 0. The molecule has 0 radical (unpaired) electrons. The summed E-state index contributed by atoms with van der Waals surface area (Å²) in [5.41, 5.74) is 2.41. The van der Waals surface area contributed by atoms with Gasteiger partial charge in [0.2, 0.25) is 0 Å². The number of carbonyl (C=O) groups excluding carboxylic acids is 1. The van der Waals surface area contributed by atoms with Crippen LogP contribution in [0.4, 0.5) is 0 Å². The molecule has 0 bridgehead atoms. The van der Waals surface area contributed by atoms with Crippen molar-refractivity contribution in [3.05, 3.63) is 24.4 Å². The van der Waals surface area contributed by atoms with E-state index < -0.39 is 67.0 Å². The Balaban J connectivity index is 5.74. The van der Waals surface area contributed by atoms with Crippen molar-refractivity contribution in [3.8, 4) is 0 Å². The third kappa shape index (κ3) is 20.7. The summed E-state index contributed by atoms with van der Waals surface area (Å²) in [5, 5.41) is 0. The highest BCUT2D eigenvalue weighted by Gasteiger charge is 2.45. The summed E-state index contributed by atoms with van der Waals surface area (Å²) in [6.45, 7) is 46.1. The molecular weight excluding hydrogens is 685 g/mol. The Morgan fingerprint density at radius 3 is 1.34 bits per heavy atom. The Bertz CT molecular complexity index is 962. The molecule has 0 heterocycles. The van der Waals surface area contributed by atoms with Gasteiger partial charge in [-0.1, -0.05) is 12.3 Å². The Labute approximate surface area is 281 Å².